The molecule has 0 aliphatic carbocycles. The lowest BCUT2D eigenvalue weighted by Gasteiger charge is -2.08. The van der Waals surface area contributed by atoms with Crippen LogP contribution in [-0.4, -0.2) is 20.1 Å². The minimum absolute atomic E-state index is 0.438. The SMILES string of the molecule is CCc1ccc(CC(O)c2ncccn2)nc1. The Balaban J connectivity index is 2.05. The van der Waals surface area contributed by atoms with Crippen molar-refractivity contribution in [3.8, 4) is 0 Å². The van der Waals surface area contributed by atoms with E-state index in [-0.39, 0.29) is 0 Å². The van der Waals surface area contributed by atoms with Gasteiger partial charge in [-0.1, -0.05) is 13.0 Å². The molecular weight excluding hydrogens is 214 g/mol. The number of hydrogen-bond acceptors (Lipinski definition) is 4. The lowest BCUT2D eigenvalue weighted by atomic mass is 10.1. The number of rotatable bonds is 4. The Labute approximate surface area is 100 Å². The van der Waals surface area contributed by atoms with E-state index in [9.17, 15) is 5.11 Å². The van der Waals surface area contributed by atoms with Gasteiger partial charge in [0.15, 0.2) is 5.82 Å². The first-order valence-electron chi connectivity index (χ1n) is 5.68. The molecule has 0 aliphatic rings. The van der Waals surface area contributed by atoms with Crippen LogP contribution in [0.3, 0.4) is 0 Å². The minimum Gasteiger partial charge on any atom is -0.385 e. The fourth-order valence-corrected chi connectivity index (χ4v) is 1.56. The molecule has 1 N–H and O–H groups in total. The molecule has 88 valence electrons. The van der Waals surface area contributed by atoms with Crippen molar-refractivity contribution in [2.75, 3.05) is 0 Å². The van der Waals surface area contributed by atoms with Gasteiger partial charge in [0.05, 0.1) is 0 Å². The van der Waals surface area contributed by atoms with Crippen molar-refractivity contribution >= 4 is 0 Å². The third kappa shape index (κ3) is 3.07. The number of aliphatic hydroxyl groups excluding tert-OH is 1. The summed E-state index contributed by atoms with van der Waals surface area (Å²) in [7, 11) is 0. The number of aryl methyl sites for hydroxylation is 1. The molecule has 0 saturated heterocycles. The predicted molar refractivity (Wildman–Crippen MR) is 64.3 cm³/mol. The lowest BCUT2D eigenvalue weighted by Crippen LogP contribution is -2.07. The second-order valence-corrected chi connectivity index (χ2v) is 3.84. The summed E-state index contributed by atoms with van der Waals surface area (Å²) in [6.45, 7) is 2.09. The average molecular weight is 229 g/mol. The van der Waals surface area contributed by atoms with E-state index in [4.69, 9.17) is 0 Å². The van der Waals surface area contributed by atoms with E-state index >= 15 is 0 Å². The van der Waals surface area contributed by atoms with Crippen molar-refractivity contribution in [3.05, 3.63) is 53.9 Å². The van der Waals surface area contributed by atoms with Crippen LogP contribution in [0.15, 0.2) is 36.8 Å². The number of hydrogen-bond donors (Lipinski definition) is 1. The Morgan fingerprint density at radius 3 is 2.53 bits per heavy atom. The first-order valence-corrected chi connectivity index (χ1v) is 5.68. The van der Waals surface area contributed by atoms with E-state index in [0.717, 1.165) is 12.1 Å². The topological polar surface area (TPSA) is 58.9 Å². The quantitative estimate of drug-likeness (QED) is 0.867. The number of pyridine rings is 1. The molecular formula is C13H15N3O. The summed E-state index contributed by atoms with van der Waals surface area (Å²) < 4.78 is 0. The van der Waals surface area contributed by atoms with E-state index in [0.29, 0.717) is 12.2 Å². The molecule has 4 heteroatoms. The normalized spacial score (nSPS) is 12.4. The number of nitrogens with zero attached hydrogens (tertiary/aromatic N) is 3. The highest BCUT2D eigenvalue weighted by Crippen LogP contribution is 2.13. The highest BCUT2D eigenvalue weighted by Gasteiger charge is 2.11. The number of aromatic nitrogens is 3. The van der Waals surface area contributed by atoms with Crippen LogP contribution >= 0.6 is 0 Å². The molecule has 0 saturated carbocycles. The third-order valence-corrected chi connectivity index (χ3v) is 2.58. The smallest absolute Gasteiger partial charge is 0.157 e. The van der Waals surface area contributed by atoms with E-state index in [2.05, 4.69) is 21.9 Å². The van der Waals surface area contributed by atoms with Gasteiger partial charge in [-0.15, -0.1) is 0 Å². The average Bonchev–Trinajstić information content (AvgIpc) is 2.40. The van der Waals surface area contributed by atoms with Gasteiger partial charge in [0.25, 0.3) is 0 Å². The fraction of sp³-hybridized carbons (Fsp3) is 0.308. The molecule has 0 amide bonds. The van der Waals surface area contributed by atoms with Gasteiger partial charge in [-0.05, 0) is 24.1 Å². The van der Waals surface area contributed by atoms with Gasteiger partial charge >= 0.3 is 0 Å². The monoisotopic (exact) mass is 229 g/mol. The zero-order valence-corrected chi connectivity index (χ0v) is 9.74. The Morgan fingerprint density at radius 1 is 1.18 bits per heavy atom. The van der Waals surface area contributed by atoms with Crippen LogP contribution in [0.25, 0.3) is 0 Å². The summed E-state index contributed by atoms with van der Waals surface area (Å²) in [6.07, 6.45) is 5.80. The fourth-order valence-electron chi connectivity index (χ4n) is 1.56. The van der Waals surface area contributed by atoms with Crippen molar-refractivity contribution < 1.29 is 5.11 Å². The van der Waals surface area contributed by atoms with Crippen molar-refractivity contribution in [1.82, 2.24) is 15.0 Å². The van der Waals surface area contributed by atoms with Crippen molar-refractivity contribution in [1.29, 1.82) is 0 Å². The van der Waals surface area contributed by atoms with Crippen LogP contribution in [0.2, 0.25) is 0 Å². The van der Waals surface area contributed by atoms with Crippen LogP contribution in [0, 0.1) is 0 Å². The molecule has 2 rings (SSSR count). The summed E-state index contributed by atoms with van der Waals surface area (Å²) in [6, 6.07) is 5.69. The summed E-state index contributed by atoms with van der Waals surface area (Å²) in [4.78, 5) is 12.3. The van der Waals surface area contributed by atoms with Crippen LogP contribution < -0.4 is 0 Å². The predicted octanol–water partition coefficient (Wildman–Crippen LogP) is 1.71. The summed E-state index contributed by atoms with van der Waals surface area (Å²) in [5.41, 5.74) is 2.04. The molecule has 0 aromatic carbocycles. The Bertz CT molecular complexity index is 456. The summed E-state index contributed by atoms with van der Waals surface area (Å²) in [5.74, 6) is 0.439. The van der Waals surface area contributed by atoms with E-state index in [1.165, 1.54) is 5.56 Å². The second-order valence-electron chi connectivity index (χ2n) is 3.84. The maximum Gasteiger partial charge on any atom is 0.157 e. The van der Waals surface area contributed by atoms with Crippen LogP contribution in [0.4, 0.5) is 0 Å². The molecule has 1 atom stereocenters. The lowest BCUT2D eigenvalue weighted by molar-refractivity contribution is 0.167. The molecule has 0 bridgehead atoms. The molecule has 2 heterocycles. The molecule has 17 heavy (non-hydrogen) atoms. The van der Waals surface area contributed by atoms with Crippen LogP contribution in [-0.2, 0) is 12.8 Å². The third-order valence-electron chi connectivity index (χ3n) is 2.58. The Kier molecular flexibility index (Phi) is 3.77. The first-order chi connectivity index (χ1) is 8.29. The molecule has 1 unspecified atom stereocenters. The van der Waals surface area contributed by atoms with Gasteiger partial charge in [0, 0.05) is 30.7 Å². The number of aliphatic hydroxyl groups is 1. The zero-order valence-electron chi connectivity index (χ0n) is 9.74. The Morgan fingerprint density at radius 2 is 1.94 bits per heavy atom. The van der Waals surface area contributed by atoms with Gasteiger partial charge in [0.1, 0.15) is 6.10 Å². The van der Waals surface area contributed by atoms with Crippen LogP contribution in [0.5, 0.6) is 0 Å². The summed E-state index contributed by atoms with van der Waals surface area (Å²) >= 11 is 0. The molecule has 2 aromatic heterocycles. The van der Waals surface area contributed by atoms with Gasteiger partial charge in [-0.3, -0.25) is 4.98 Å². The maximum atomic E-state index is 9.94. The van der Waals surface area contributed by atoms with E-state index < -0.39 is 6.10 Å². The molecule has 0 radical (unpaired) electrons. The Hall–Kier alpha value is -1.81. The molecule has 0 spiro atoms. The van der Waals surface area contributed by atoms with Gasteiger partial charge < -0.3 is 5.11 Å². The largest absolute Gasteiger partial charge is 0.385 e. The highest BCUT2D eigenvalue weighted by atomic mass is 16.3. The minimum atomic E-state index is -0.698. The molecule has 0 aliphatic heterocycles. The standard InChI is InChI=1S/C13H15N3O/c1-2-10-4-5-11(16-9-10)8-12(17)13-14-6-3-7-15-13/h3-7,9,12,17H,2,8H2,1H3. The van der Waals surface area contributed by atoms with E-state index in [1.54, 1.807) is 18.5 Å². The molecule has 2 aromatic rings. The zero-order chi connectivity index (χ0) is 12.1. The van der Waals surface area contributed by atoms with Crippen molar-refractivity contribution in [2.45, 2.75) is 25.9 Å². The van der Waals surface area contributed by atoms with Gasteiger partial charge in [-0.2, -0.15) is 0 Å². The molecule has 0 fully saturated rings. The maximum absolute atomic E-state index is 9.94. The van der Waals surface area contributed by atoms with E-state index in [1.807, 2.05) is 18.3 Å². The second kappa shape index (κ2) is 5.50. The molecule has 4 nitrogen and oxygen atoms in total. The highest BCUT2D eigenvalue weighted by molar-refractivity contribution is 5.15. The summed E-state index contributed by atoms with van der Waals surface area (Å²) in [5, 5.41) is 9.94. The van der Waals surface area contributed by atoms with Gasteiger partial charge in [-0.25, -0.2) is 9.97 Å². The van der Waals surface area contributed by atoms with Gasteiger partial charge in [0.2, 0.25) is 0 Å². The van der Waals surface area contributed by atoms with Crippen molar-refractivity contribution in [3.63, 3.8) is 0 Å². The first kappa shape index (κ1) is 11.7. The van der Waals surface area contributed by atoms with Crippen molar-refractivity contribution in [2.24, 2.45) is 0 Å². The van der Waals surface area contributed by atoms with Crippen LogP contribution in [0.1, 0.15) is 30.1 Å².